The lowest BCUT2D eigenvalue weighted by Gasteiger charge is -2.27. The van der Waals surface area contributed by atoms with Gasteiger partial charge in [0.25, 0.3) is 5.91 Å². The fourth-order valence-corrected chi connectivity index (χ4v) is 5.66. The molecule has 1 atom stereocenters. The number of nitrogens with one attached hydrogen (secondary N) is 2. The van der Waals surface area contributed by atoms with Crippen molar-refractivity contribution in [2.75, 3.05) is 11.9 Å². The molecule has 0 spiro atoms. The third kappa shape index (κ3) is 4.20. The highest BCUT2D eigenvalue weighted by molar-refractivity contribution is 7.16. The van der Waals surface area contributed by atoms with Crippen LogP contribution in [0, 0.1) is 6.92 Å². The van der Waals surface area contributed by atoms with Gasteiger partial charge in [-0.15, -0.1) is 11.3 Å². The summed E-state index contributed by atoms with van der Waals surface area (Å²) >= 11 is 1.69. The highest BCUT2D eigenvalue weighted by Gasteiger charge is 2.32. The van der Waals surface area contributed by atoms with Gasteiger partial charge >= 0.3 is 5.97 Å². The van der Waals surface area contributed by atoms with Gasteiger partial charge in [-0.3, -0.25) is 4.79 Å². The molecule has 0 fully saturated rings. The Kier molecular flexibility index (Phi) is 5.81. The van der Waals surface area contributed by atoms with E-state index < -0.39 is 5.97 Å². The number of esters is 1. The number of ether oxygens (including phenoxy) is 2. The zero-order valence-corrected chi connectivity index (χ0v) is 19.5. The van der Waals surface area contributed by atoms with Gasteiger partial charge in [-0.25, -0.2) is 4.79 Å². The minimum Gasteiger partial charge on any atom is -0.490 e. The second-order valence-electron chi connectivity index (χ2n) is 8.36. The van der Waals surface area contributed by atoms with Crippen LogP contribution in [0.4, 0.5) is 5.00 Å². The van der Waals surface area contributed by atoms with Crippen molar-refractivity contribution >= 4 is 28.2 Å². The largest absolute Gasteiger partial charge is 0.490 e. The number of thiophene rings is 1. The van der Waals surface area contributed by atoms with Crippen LogP contribution in [0.5, 0.6) is 11.5 Å². The van der Waals surface area contributed by atoms with Gasteiger partial charge in [0, 0.05) is 4.88 Å². The lowest BCUT2D eigenvalue weighted by molar-refractivity contribution is 0.0728. The van der Waals surface area contributed by atoms with Gasteiger partial charge in [0.1, 0.15) is 11.2 Å². The van der Waals surface area contributed by atoms with Crippen molar-refractivity contribution in [1.82, 2.24) is 5.32 Å². The van der Waals surface area contributed by atoms with Crippen molar-refractivity contribution in [3.05, 3.63) is 75.2 Å². The Morgan fingerprint density at radius 1 is 1.06 bits per heavy atom. The third-order valence-corrected chi connectivity index (χ3v) is 7.26. The molecule has 0 saturated heterocycles. The van der Waals surface area contributed by atoms with Gasteiger partial charge in [0.15, 0.2) is 11.5 Å². The molecule has 0 radical (unpaired) electrons. The van der Waals surface area contributed by atoms with Crippen LogP contribution >= 0.6 is 11.3 Å². The highest BCUT2D eigenvalue weighted by Crippen LogP contribution is 2.42. The van der Waals surface area contributed by atoms with Crippen LogP contribution in [0.3, 0.4) is 0 Å². The first-order valence-electron chi connectivity index (χ1n) is 11.3. The predicted molar refractivity (Wildman–Crippen MR) is 129 cm³/mol. The molecule has 1 unspecified atom stereocenters. The van der Waals surface area contributed by atoms with E-state index in [1.807, 2.05) is 38.1 Å². The van der Waals surface area contributed by atoms with Crippen molar-refractivity contribution < 1.29 is 19.1 Å². The molecule has 2 aromatic carbocycles. The molecule has 5 rings (SSSR count). The number of amides is 1. The molecule has 3 aromatic rings. The average molecular weight is 463 g/mol. The van der Waals surface area contributed by atoms with E-state index in [4.69, 9.17) is 9.47 Å². The maximum atomic E-state index is 13.0. The van der Waals surface area contributed by atoms with Crippen LogP contribution in [-0.2, 0) is 12.8 Å². The fraction of sp³-hybridized carbons (Fsp3) is 0.308. The summed E-state index contributed by atoms with van der Waals surface area (Å²) in [7, 11) is 0. The molecular formula is C26H26N2O4S. The molecule has 1 aliphatic heterocycles. The molecule has 1 aliphatic carbocycles. The van der Waals surface area contributed by atoms with Crippen LogP contribution in [0.15, 0.2) is 42.5 Å². The summed E-state index contributed by atoms with van der Waals surface area (Å²) in [5.41, 5.74) is 4.39. The molecule has 33 heavy (non-hydrogen) atoms. The van der Waals surface area contributed by atoms with Crippen molar-refractivity contribution in [2.24, 2.45) is 0 Å². The van der Waals surface area contributed by atoms with Crippen LogP contribution in [0.2, 0.25) is 0 Å². The first-order chi connectivity index (χ1) is 16.0. The van der Waals surface area contributed by atoms with Gasteiger partial charge in [0.05, 0.1) is 17.7 Å². The molecule has 7 heteroatoms. The van der Waals surface area contributed by atoms with E-state index in [2.05, 4.69) is 10.6 Å². The Hall–Kier alpha value is -3.32. The molecule has 0 saturated carbocycles. The topological polar surface area (TPSA) is 76.7 Å². The lowest BCUT2D eigenvalue weighted by atomic mass is 9.94. The van der Waals surface area contributed by atoms with E-state index in [9.17, 15) is 9.59 Å². The zero-order chi connectivity index (χ0) is 22.9. The molecule has 2 heterocycles. The number of carbonyl (C=O) groups excluding carboxylic acids is 2. The summed E-state index contributed by atoms with van der Waals surface area (Å²) in [5, 5.41) is 7.50. The fourth-order valence-electron chi connectivity index (χ4n) is 4.35. The Morgan fingerprint density at radius 2 is 1.85 bits per heavy atom. The molecule has 2 N–H and O–H groups in total. The summed E-state index contributed by atoms with van der Waals surface area (Å²) in [6.45, 7) is 4.26. The number of anilines is 1. The second-order valence-corrected chi connectivity index (χ2v) is 9.47. The maximum absolute atomic E-state index is 13.0. The minimum atomic E-state index is -0.443. The third-order valence-electron chi connectivity index (χ3n) is 6.04. The lowest BCUT2D eigenvalue weighted by Crippen LogP contribution is -2.38. The monoisotopic (exact) mass is 462 g/mol. The summed E-state index contributed by atoms with van der Waals surface area (Å²) in [6.07, 6.45) is 3.94. The van der Waals surface area contributed by atoms with E-state index in [1.54, 1.807) is 29.5 Å². The standard InChI is InChI=1S/C26H26N2O4S/c1-3-31-20-14-17(12-13-19(20)32-26(30)16-10-8-15(2)9-11-16)23-27-24(29)22-18-6-4-5-7-21(18)33-25(22)28-23/h8-14,23,28H,3-7H2,1-2H3,(H,27,29). The van der Waals surface area contributed by atoms with Gasteiger partial charge in [0.2, 0.25) is 0 Å². The summed E-state index contributed by atoms with van der Waals surface area (Å²) < 4.78 is 11.4. The van der Waals surface area contributed by atoms with Crippen molar-refractivity contribution in [3.8, 4) is 11.5 Å². The first-order valence-corrected chi connectivity index (χ1v) is 12.1. The number of hydrogen-bond donors (Lipinski definition) is 2. The number of carbonyl (C=O) groups is 2. The van der Waals surface area contributed by atoms with E-state index >= 15 is 0 Å². The van der Waals surface area contributed by atoms with Crippen molar-refractivity contribution in [2.45, 2.75) is 45.7 Å². The first kappa shape index (κ1) is 21.5. The van der Waals surface area contributed by atoms with E-state index in [0.29, 0.717) is 23.7 Å². The molecule has 6 nitrogen and oxygen atoms in total. The Morgan fingerprint density at radius 3 is 2.64 bits per heavy atom. The second kappa shape index (κ2) is 8.90. The van der Waals surface area contributed by atoms with Gasteiger partial charge in [-0.1, -0.05) is 23.8 Å². The number of rotatable bonds is 5. The molecule has 2 aliphatic rings. The molecule has 1 aromatic heterocycles. The SMILES string of the molecule is CCOc1cc(C2NC(=O)c3c(sc4c3CCCC4)N2)ccc1OC(=O)c1ccc(C)cc1. The van der Waals surface area contributed by atoms with Crippen LogP contribution in [-0.4, -0.2) is 18.5 Å². The molecule has 0 bridgehead atoms. The van der Waals surface area contributed by atoms with Crippen LogP contribution in [0.25, 0.3) is 0 Å². The smallest absolute Gasteiger partial charge is 0.343 e. The molecular weight excluding hydrogens is 436 g/mol. The Bertz CT molecular complexity index is 1220. The quantitative estimate of drug-likeness (QED) is 0.392. The van der Waals surface area contributed by atoms with Gasteiger partial charge < -0.3 is 20.1 Å². The van der Waals surface area contributed by atoms with Crippen LogP contribution < -0.4 is 20.1 Å². The maximum Gasteiger partial charge on any atom is 0.343 e. The van der Waals surface area contributed by atoms with E-state index in [1.165, 1.54) is 16.9 Å². The predicted octanol–water partition coefficient (Wildman–Crippen LogP) is 5.41. The minimum absolute atomic E-state index is 0.0408. The normalized spacial score (nSPS) is 16.8. The van der Waals surface area contributed by atoms with Crippen molar-refractivity contribution in [3.63, 3.8) is 0 Å². The number of benzene rings is 2. The number of fused-ring (bicyclic) bond motifs is 3. The average Bonchev–Trinajstić information content (AvgIpc) is 3.20. The molecule has 1 amide bonds. The number of aryl methyl sites for hydroxylation is 2. The Balaban J connectivity index is 1.39. The summed E-state index contributed by atoms with van der Waals surface area (Å²) in [4.78, 5) is 26.9. The zero-order valence-electron chi connectivity index (χ0n) is 18.7. The van der Waals surface area contributed by atoms with Gasteiger partial charge in [-0.05, 0) is 74.9 Å². The van der Waals surface area contributed by atoms with E-state index in [-0.39, 0.29) is 12.1 Å². The van der Waals surface area contributed by atoms with E-state index in [0.717, 1.165) is 41.0 Å². The van der Waals surface area contributed by atoms with Crippen molar-refractivity contribution in [1.29, 1.82) is 0 Å². The number of hydrogen-bond acceptors (Lipinski definition) is 6. The Labute approximate surface area is 196 Å². The summed E-state index contributed by atoms with van der Waals surface area (Å²) in [5.74, 6) is 0.325. The highest BCUT2D eigenvalue weighted by atomic mass is 32.1. The van der Waals surface area contributed by atoms with Gasteiger partial charge in [-0.2, -0.15) is 0 Å². The van der Waals surface area contributed by atoms with Crippen LogP contribution in [0.1, 0.15) is 68.2 Å². The summed E-state index contributed by atoms with van der Waals surface area (Å²) in [6, 6.07) is 12.6. The molecule has 170 valence electrons.